The normalized spacial score (nSPS) is 23.1. The lowest BCUT2D eigenvalue weighted by molar-refractivity contribution is -0.161. The fourth-order valence-corrected chi connectivity index (χ4v) is 5.02. The second-order valence-electron chi connectivity index (χ2n) is 6.01. The van der Waals surface area contributed by atoms with Crippen LogP contribution in [0.25, 0.3) is 0 Å². The lowest BCUT2D eigenvalue weighted by Gasteiger charge is -2.34. The summed E-state index contributed by atoms with van der Waals surface area (Å²) in [6.45, 7) is 0. The van der Waals surface area contributed by atoms with E-state index >= 15 is 0 Å². The van der Waals surface area contributed by atoms with Crippen molar-refractivity contribution < 1.29 is 14.6 Å². The van der Waals surface area contributed by atoms with Crippen molar-refractivity contribution in [3.05, 3.63) is 77.8 Å². The minimum absolute atomic E-state index is 0.475. The molecule has 6 nitrogen and oxygen atoms in total. The Kier molecular flexibility index (Phi) is 5.17. The molecule has 142 valence electrons. The van der Waals surface area contributed by atoms with Gasteiger partial charge in [-0.25, -0.2) is 9.78 Å². The molecule has 8 heteroatoms. The summed E-state index contributed by atoms with van der Waals surface area (Å²) < 4.78 is 5.01. The van der Waals surface area contributed by atoms with Crippen molar-refractivity contribution in [1.82, 2.24) is 4.98 Å². The Hall–Kier alpha value is -2.68. The monoisotopic (exact) mass is 411 g/mol. The van der Waals surface area contributed by atoms with Gasteiger partial charge in [0.2, 0.25) is 5.13 Å². The van der Waals surface area contributed by atoms with E-state index in [1.165, 1.54) is 35.1 Å². The van der Waals surface area contributed by atoms with E-state index in [-0.39, 0.29) is 0 Å². The molecule has 1 aliphatic rings. The highest BCUT2D eigenvalue weighted by Gasteiger charge is 2.59. The van der Waals surface area contributed by atoms with Gasteiger partial charge in [-0.1, -0.05) is 60.3 Å². The zero-order valence-electron chi connectivity index (χ0n) is 14.9. The lowest BCUT2D eigenvalue weighted by atomic mass is 9.99. The van der Waals surface area contributed by atoms with Crippen LogP contribution in [0.3, 0.4) is 0 Å². The first-order valence-electron chi connectivity index (χ1n) is 8.50. The van der Waals surface area contributed by atoms with Gasteiger partial charge in [-0.2, -0.15) is 4.99 Å². The van der Waals surface area contributed by atoms with Gasteiger partial charge < -0.3 is 9.84 Å². The average Bonchev–Trinajstić information content (AvgIpc) is 3.35. The number of para-hydroxylation sites is 1. The van der Waals surface area contributed by atoms with Crippen LogP contribution >= 0.6 is 23.1 Å². The number of esters is 1. The van der Waals surface area contributed by atoms with Gasteiger partial charge in [-0.05, 0) is 17.7 Å². The minimum Gasteiger partial charge on any atom is -0.465 e. The van der Waals surface area contributed by atoms with Gasteiger partial charge in [-0.15, -0.1) is 11.3 Å². The van der Waals surface area contributed by atoms with Gasteiger partial charge in [0.25, 0.3) is 5.72 Å². The summed E-state index contributed by atoms with van der Waals surface area (Å²) >= 11 is 2.69. The Morgan fingerprint density at radius 3 is 2.46 bits per heavy atom. The number of aliphatic hydroxyl groups is 1. The number of anilines is 1. The van der Waals surface area contributed by atoms with Crippen LogP contribution in [-0.4, -0.2) is 34.1 Å². The molecule has 2 aromatic carbocycles. The number of thioether (sulfide) groups is 1. The molecule has 0 saturated carbocycles. The lowest BCUT2D eigenvalue weighted by Crippen LogP contribution is -2.55. The number of nitrogens with zero attached hydrogens (tertiary/aromatic N) is 3. The fraction of sp³-hybridized carbons (Fsp3) is 0.150. The number of carbonyl (C=O) groups excluding carboxylic acids is 1. The third-order valence-electron chi connectivity index (χ3n) is 4.33. The highest BCUT2D eigenvalue weighted by Crippen LogP contribution is 2.51. The van der Waals surface area contributed by atoms with Crippen molar-refractivity contribution in [3.8, 4) is 0 Å². The molecule has 1 aromatic heterocycles. The average molecular weight is 412 g/mol. The zero-order chi connectivity index (χ0) is 19.6. The largest absolute Gasteiger partial charge is 0.465 e. The van der Waals surface area contributed by atoms with Crippen molar-refractivity contribution in [2.75, 3.05) is 12.0 Å². The zero-order valence-corrected chi connectivity index (χ0v) is 16.6. The highest BCUT2D eigenvalue weighted by atomic mass is 32.2. The number of amidine groups is 1. The Bertz CT molecular complexity index is 980. The number of thiazole rings is 1. The van der Waals surface area contributed by atoms with E-state index in [0.717, 1.165) is 5.56 Å². The molecule has 2 unspecified atom stereocenters. The van der Waals surface area contributed by atoms with Crippen LogP contribution in [0.4, 0.5) is 10.8 Å². The van der Waals surface area contributed by atoms with Crippen LogP contribution in [0.1, 0.15) is 10.8 Å². The highest BCUT2D eigenvalue weighted by molar-refractivity contribution is 8.15. The molecular formula is C20H17N3O3S2. The van der Waals surface area contributed by atoms with Gasteiger partial charge >= 0.3 is 5.97 Å². The van der Waals surface area contributed by atoms with Crippen molar-refractivity contribution in [2.24, 2.45) is 4.99 Å². The number of benzene rings is 2. The second-order valence-corrected chi connectivity index (χ2v) is 7.95. The Morgan fingerprint density at radius 2 is 1.86 bits per heavy atom. The van der Waals surface area contributed by atoms with Crippen LogP contribution in [0, 0.1) is 0 Å². The molecule has 0 bridgehead atoms. The first-order valence-corrected chi connectivity index (χ1v) is 10.3. The molecule has 0 amide bonds. The summed E-state index contributed by atoms with van der Waals surface area (Å²) in [5, 5.41) is 13.9. The Balaban J connectivity index is 1.91. The Morgan fingerprint density at radius 1 is 1.18 bits per heavy atom. The van der Waals surface area contributed by atoms with E-state index in [9.17, 15) is 9.90 Å². The molecule has 1 saturated heterocycles. The predicted octanol–water partition coefficient (Wildman–Crippen LogP) is 3.99. The van der Waals surface area contributed by atoms with Crippen LogP contribution in [0.5, 0.6) is 0 Å². The molecule has 0 aliphatic carbocycles. The quantitative estimate of drug-likeness (QED) is 0.655. The summed E-state index contributed by atoms with van der Waals surface area (Å²) in [5.41, 5.74) is -0.527. The van der Waals surface area contributed by atoms with E-state index in [1.807, 2.05) is 66.0 Å². The number of methoxy groups -OCH3 is 1. The molecule has 0 radical (unpaired) electrons. The number of ether oxygens (including phenoxy) is 1. The van der Waals surface area contributed by atoms with Crippen molar-refractivity contribution in [3.63, 3.8) is 0 Å². The maximum absolute atomic E-state index is 12.9. The standard InChI is InChI=1S/C20H17N3O3S2/c1-26-17(24)20(25)16(14-8-4-2-5-9-14)28-19(22-18-21-12-13-27-18)23(20)15-10-6-3-7-11-15/h2-13,16,25H,1H3/b22-19-. The van der Waals surface area contributed by atoms with Gasteiger partial charge in [-0.3, -0.25) is 4.90 Å². The summed E-state index contributed by atoms with van der Waals surface area (Å²) in [4.78, 5) is 23.2. The number of aliphatic imine (C=N–C) groups is 1. The topological polar surface area (TPSA) is 75.0 Å². The van der Waals surface area contributed by atoms with Gasteiger partial charge in [0, 0.05) is 17.3 Å². The molecule has 4 rings (SSSR count). The second kappa shape index (κ2) is 7.75. The molecule has 28 heavy (non-hydrogen) atoms. The maximum atomic E-state index is 12.9. The summed E-state index contributed by atoms with van der Waals surface area (Å²) in [7, 11) is 1.27. The van der Waals surface area contributed by atoms with Crippen molar-refractivity contribution >= 4 is 45.1 Å². The molecule has 2 atom stereocenters. The number of rotatable bonds is 4. The van der Waals surface area contributed by atoms with E-state index in [0.29, 0.717) is 16.0 Å². The molecule has 1 fully saturated rings. The maximum Gasteiger partial charge on any atom is 0.361 e. The van der Waals surface area contributed by atoms with E-state index in [1.54, 1.807) is 6.20 Å². The van der Waals surface area contributed by atoms with Crippen LogP contribution < -0.4 is 4.90 Å². The molecular weight excluding hydrogens is 394 g/mol. The predicted molar refractivity (Wildman–Crippen MR) is 112 cm³/mol. The number of aromatic nitrogens is 1. The molecule has 0 spiro atoms. The van der Waals surface area contributed by atoms with Gasteiger partial charge in [0.15, 0.2) is 5.17 Å². The van der Waals surface area contributed by atoms with E-state index in [2.05, 4.69) is 9.98 Å². The SMILES string of the molecule is COC(=O)C1(O)C(c2ccccc2)S/C(=N\c2nccs2)N1c1ccccc1. The Labute approximate surface area is 170 Å². The van der Waals surface area contributed by atoms with Crippen molar-refractivity contribution in [2.45, 2.75) is 11.0 Å². The fourth-order valence-electron chi connectivity index (χ4n) is 3.09. The smallest absolute Gasteiger partial charge is 0.361 e. The number of hydrogen-bond donors (Lipinski definition) is 1. The number of hydrogen-bond acceptors (Lipinski definition) is 7. The molecule has 2 heterocycles. The first-order chi connectivity index (χ1) is 13.6. The third kappa shape index (κ3) is 3.19. The summed E-state index contributed by atoms with van der Waals surface area (Å²) in [6.07, 6.45) is 1.66. The first kappa shape index (κ1) is 18.7. The van der Waals surface area contributed by atoms with Crippen LogP contribution in [0.2, 0.25) is 0 Å². The van der Waals surface area contributed by atoms with E-state index in [4.69, 9.17) is 4.74 Å². The van der Waals surface area contributed by atoms with Crippen LogP contribution in [-0.2, 0) is 9.53 Å². The molecule has 1 N–H and O–H groups in total. The molecule has 3 aromatic rings. The number of carbonyl (C=O) groups is 1. The van der Waals surface area contributed by atoms with Gasteiger partial charge in [0.05, 0.1) is 12.4 Å². The summed E-state index contributed by atoms with van der Waals surface area (Å²) in [6, 6.07) is 18.6. The van der Waals surface area contributed by atoms with Crippen LogP contribution in [0.15, 0.2) is 77.2 Å². The summed E-state index contributed by atoms with van der Waals surface area (Å²) in [5.74, 6) is -0.748. The van der Waals surface area contributed by atoms with E-state index < -0.39 is 16.9 Å². The molecule has 1 aliphatic heterocycles. The third-order valence-corrected chi connectivity index (χ3v) is 6.32. The minimum atomic E-state index is -1.96. The van der Waals surface area contributed by atoms with Crippen molar-refractivity contribution in [1.29, 1.82) is 0 Å². The van der Waals surface area contributed by atoms with Gasteiger partial charge in [0.1, 0.15) is 0 Å².